The fourth-order valence-corrected chi connectivity index (χ4v) is 2.82. The van der Waals surface area contributed by atoms with E-state index < -0.39 is 23.5 Å². The molecule has 3 heterocycles. The maximum atomic E-state index is 12.7. The second kappa shape index (κ2) is 7.45. The van der Waals surface area contributed by atoms with E-state index in [1.54, 1.807) is 24.3 Å². The van der Waals surface area contributed by atoms with Gasteiger partial charge in [0.15, 0.2) is 11.5 Å². The standard InChI is InChI=1S/C19H20N2O5/c1-20(2)9-10-21-17(15-6-4-12-26-15)16(18(23)19(21)24)14(22)8-7-13-5-3-11-25-13/h3-8,11-12,17,23H,9-10H2,1-2H3/b8-7+/t17-/m0/s1. The van der Waals surface area contributed by atoms with Gasteiger partial charge in [0.05, 0.1) is 18.1 Å². The van der Waals surface area contributed by atoms with Crippen molar-refractivity contribution in [1.82, 2.24) is 9.80 Å². The summed E-state index contributed by atoms with van der Waals surface area (Å²) < 4.78 is 10.6. The van der Waals surface area contributed by atoms with Crippen molar-refractivity contribution in [3.8, 4) is 0 Å². The Balaban J connectivity index is 1.92. The summed E-state index contributed by atoms with van der Waals surface area (Å²) in [7, 11) is 3.77. The van der Waals surface area contributed by atoms with E-state index in [0.29, 0.717) is 24.6 Å². The van der Waals surface area contributed by atoms with Crippen LogP contribution in [0.25, 0.3) is 6.08 Å². The summed E-state index contributed by atoms with van der Waals surface area (Å²) in [6, 6.07) is 6.01. The van der Waals surface area contributed by atoms with Crippen molar-refractivity contribution >= 4 is 17.8 Å². The number of allylic oxidation sites excluding steroid dienone is 1. The van der Waals surface area contributed by atoms with E-state index in [1.807, 2.05) is 19.0 Å². The van der Waals surface area contributed by atoms with Crippen LogP contribution in [-0.2, 0) is 9.59 Å². The number of ketones is 1. The first-order chi connectivity index (χ1) is 12.5. The minimum Gasteiger partial charge on any atom is -0.503 e. The van der Waals surface area contributed by atoms with Crippen molar-refractivity contribution < 1.29 is 23.5 Å². The lowest BCUT2D eigenvalue weighted by atomic mass is 10.0. The third-order valence-electron chi connectivity index (χ3n) is 4.11. The lowest BCUT2D eigenvalue weighted by Gasteiger charge is -2.25. The van der Waals surface area contributed by atoms with E-state index in [0.717, 1.165) is 0 Å². The highest BCUT2D eigenvalue weighted by atomic mass is 16.3. The van der Waals surface area contributed by atoms with Crippen molar-refractivity contribution in [1.29, 1.82) is 0 Å². The van der Waals surface area contributed by atoms with Gasteiger partial charge in [-0.15, -0.1) is 0 Å². The van der Waals surface area contributed by atoms with Crippen LogP contribution < -0.4 is 0 Å². The van der Waals surface area contributed by atoms with E-state index in [1.165, 1.54) is 29.6 Å². The van der Waals surface area contributed by atoms with Gasteiger partial charge in [0.1, 0.15) is 17.6 Å². The second-order valence-corrected chi connectivity index (χ2v) is 6.20. The summed E-state index contributed by atoms with van der Waals surface area (Å²) in [5, 5.41) is 10.3. The molecule has 0 aliphatic carbocycles. The monoisotopic (exact) mass is 356 g/mol. The first-order valence-electron chi connectivity index (χ1n) is 8.17. The summed E-state index contributed by atoms with van der Waals surface area (Å²) in [4.78, 5) is 28.6. The van der Waals surface area contributed by atoms with Gasteiger partial charge in [-0.2, -0.15) is 0 Å². The number of aliphatic hydroxyl groups excluding tert-OH is 1. The van der Waals surface area contributed by atoms with Crippen molar-refractivity contribution in [3.05, 3.63) is 65.7 Å². The molecule has 0 aromatic carbocycles. The molecule has 1 atom stereocenters. The van der Waals surface area contributed by atoms with E-state index in [9.17, 15) is 14.7 Å². The SMILES string of the molecule is CN(C)CCN1C(=O)C(O)=C(C(=O)/C=C/c2ccco2)[C@@H]1c1ccco1. The summed E-state index contributed by atoms with van der Waals surface area (Å²) >= 11 is 0. The number of amides is 1. The van der Waals surface area contributed by atoms with Crippen molar-refractivity contribution in [2.45, 2.75) is 6.04 Å². The molecular formula is C19H20N2O5. The number of rotatable bonds is 7. The Morgan fingerprint density at radius 2 is 2.00 bits per heavy atom. The van der Waals surface area contributed by atoms with Crippen molar-refractivity contribution in [3.63, 3.8) is 0 Å². The highest BCUT2D eigenvalue weighted by Gasteiger charge is 2.44. The molecular weight excluding hydrogens is 336 g/mol. The molecule has 2 aromatic heterocycles. The zero-order valence-electron chi connectivity index (χ0n) is 14.6. The maximum Gasteiger partial charge on any atom is 0.290 e. The Morgan fingerprint density at radius 1 is 1.27 bits per heavy atom. The van der Waals surface area contributed by atoms with Crippen molar-refractivity contribution in [2.24, 2.45) is 0 Å². The van der Waals surface area contributed by atoms with Gasteiger partial charge < -0.3 is 23.7 Å². The number of hydrogen-bond donors (Lipinski definition) is 1. The molecule has 0 unspecified atom stereocenters. The Hall–Kier alpha value is -3.06. The maximum absolute atomic E-state index is 12.7. The number of nitrogens with zero attached hydrogens (tertiary/aromatic N) is 2. The number of aliphatic hydroxyl groups is 1. The third-order valence-corrected chi connectivity index (χ3v) is 4.11. The number of carbonyl (C=O) groups is 2. The number of carbonyl (C=O) groups excluding carboxylic acids is 2. The van der Waals surface area contributed by atoms with Crippen LogP contribution in [0.15, 0.2) is 63.0 Å². The van der Waals surface area contributed by atoms with E-state index in [-0.39, 0.29) is 5.57 Å². The van der Waals surface area contributed by atoms with Crippen LogP contribution in [0.5, 0.6) is 0 Å². The number of hydrogen-bond acceptors (Lipinski definition) is 6. The van der Waals surface area contributed by atoms with E-state index >= 15 is 0 Å². The zero-order chi connectivity index (χ0) is 18.7. The lowest BCUT2D eigenvalue weighted by Crippen LogP contribution is -2.36. The molecule has 0 saturated heterocycles. The fraction of sp³-hybridized carbons (Fsp3) is 0.263. The van der Waals surface area contributed by atoms with Crippen LogP contribution in [0.4, 0.5) is 0 Å². The zero-order valence-corrected chi connectivity index (χ0v) is 14.6. The molecule has 1 aliphatic rings. The second-order valence-electron chi connectivity index (χ2n) is 6.20. The van der Waals surface area contributed by atoms with Crippen LogP contribution in [0.1, 0.15) is 17.6 Å². The molecule has 7 heteroatoms. The van der Waals surface area contributed by atoms with Crippen LogP contribution in [0, 0.1) is 0 Å². The third kappa shape index (κ3) is 3.48. The minimum atomic E-state index is -0.758. The van der Waals surface area contributed by atoms with Crippen molar-refractivity contribution in [2.75, 3.05) is 27.2 Å². The largest absolute Gasteiger partial charge is 0.503 e. The molecule has 7 nitrogen and oxygen atoms in total. The van der Waals surface area contributed by atoms with Gasteiger partial charge >= 0.3 is 0 Å². The average molecular weight is 356 g/mol. The fourth-order valence-electron chi connectivity index (χ4n) is 2.82. The Kier molecular flexibility index (Phi) is 5.09. The Morgan fingerprint density at radius 3 is 2.62 bits per heavy atom. The molecule has 1 N–H and O–H groups in total. The van der Waals surface area contributed by atoms with Gasteiger partial charge in [0, 0.05) is 13.1 Å². The Bertz CT molecular complexity index is 831. The summed E-state index contributed by atoms with van der Waals surface area (Å²) in [6.45, 7) is 0.930. The highest BCUT2D eigenvalue weighted by Crippen LogP contribution is 2.37. The summed E-state index contributed by atoms with van der Waals surface area (Å²) in [6.07, 6.45) is 5.74. The first-order valence-corrected chi connectivity index (χ1v) is 8.17. The van der Waals surface area contributed by atoms with Gasteiger partial charge in [-0.3, -0.25) is 9.59 Å². The quantitative estimate of drug-likeness (QED) is 0.767. The van der Waals surface area contributed by atoms with E-state index in [4.69, 9.17) is 8.83 Å². The van der Waals surface area contributed by atoms with Gasteiger partial charge in [0.25, 0.3) is 5.91 Å². The minimum absolute atomic E-state index is 0.00603. The van der Waals surface area contributed by atoms with Gasteiger partial charge in [0.2, 0.25) is 0 Å². The first kappa shape index (κ1) is 17.8. The van der Waals surface area contributed by atoms with Crippen LogP contribution in [0.2, 0.25) is 0 Å². The van der Waals surface area contributed by atoms with E-state index in [2.05, 4.69) is 0 Å². The number of likely N-dealkylation sites (N-methyl/N-ethyl adjacent to an activating group) is 1. The predicted octanol–water partition coefficient (Wildman–Crippen LogP) is 2.41. The topological polar surface area (TPSA) is 87.1 Å². The molecule has 1 aliphatic heterocycles. The molecule has 136 valence electrons. The molecule has 1 amide bonds. The number of furan rings is 2. The molecule has 0 fully saturated rings. The molecule has 3 rings (SSSR count). The molecule has 0 radical (unpaired) electrons. The summed E-state index contributed by atoms with van der Waals surface area (Å²) in [5.41, 5.74) is 0.00603. The predicted molar refractivity (Wildman–Crippen MR) is 94.1 cm³/mol. The average Bonchev–Trinajstić information content (AvgIpc) is 3.34. The molecule has 0 bridgehead atoms. The molecule has 2 aromatic rings. The molecule has 0 saturated carbocycles. The molecule has 26 heavy (non-hydrogen) atoms. The van der Waals surface area contributed by atoms with Gasteiger partial charge in [-0.1, -0.05) is 0 Å². The van der Waals surface area contributed by atoms with Gasteiger partial charge in [-0.05, 0) is 50.5 Å². The summed E-state index contributed by atoms with van der Waals surface area (Å²) in [5.74, 6) is -0.666. The molecule has 0 spiro atoms. The van der Waals surface area contributed by atoms with Gasteiger partial charge in [-0.25, -0.2) is 0 Å². The lowest BCUT2D eigenvalue weighted by molar-refractivity contribution is -0.129. The van der Waals surface area contributed by atoms with Crippen LogP contribution in [0.3, 0.4) is 0 Å². The normalized spacial score (nSPS) is 17.9. The highest BCUT2D eigenvalue weighted by molar-refractivity contribution is 6.14. The van der Waals surface area contributed by atoms with Crippen LogP contribution >= 0.6 is 0 Å². The Labute approximate surface area is 150 Å². The smallest absolute Gasteiger partial charge is 0.290 e. The van der Waals surface area contributed by atoms with Crippen LogP contribution in [-0.4, -0.2) is 53.8 Å².